The average molecular weight is 917 g/mol. The van der Waals surface area contributed by atoms with E-state index >= 15 is 0 Å². The minimum absolute atomic E-state index is 0.185. The maximum absolute atomic E-state index is 12.8. The Morgan fingerprint density at radius 2 is 0.831 bits per heavy atom. The van der Waals surface area contributed by atoms with Crippen molar-refractivity contribution in [2.75, 3.05) is 47.5 Å². The summed E-state index contributed by atoms with van der Waals surface area (Å²) in [6.45, 7) is 4.85. The maximum Gasteiger partial charge on any atom is 0.361 e. The second kappa shape index (κ2) is 47.7. The van der Waals surface area contributed by atoms with E-state index in [1.807, 2.05) is 21.1 Å². The highest BCUT2D eigenvalue weighted by Crippen LogP contribution is 2.15. The Morgan fingerprint density at radius 1 is 0.462 bits per heavy atom. The number of quaternary nitrogens is 1. The van der Waals surface area contributed by atoms with Gasteiger partial charge in [0.1, 0.15) is 13.2 Å². The third kappa shape index (κ3) is 49.0. The molecule has 0 fully saturated rings. The smallest absolute Gasteiger partial charge is 0.361 e. The van der Waals surface area contributed by atoms with Crippen LogP contribution in [0.2, 0.25) is 0 Å². The van der Waals surface area contributed by atoms with E-state index in [-0.39, 0.29) is 32.2 Å². The molecule has 0 saturated carbocycles. The standard InChI is InChI=1S/C56H101NO8/c1-6-8-10-12-14-16-18-20-22-24-26-27-29-31-33-35-37-39-41-43-45-47-54(59)65-52(51-64-56(55(60)61)62-49-48-57(3,4)5)50-63-53(58)46-44-42-40-38-36-34-32-30-28-25-23-21-19-17-15-13-11-9-7-2/h15,17-18,20-21,23-24,26,52,56H,6-14,16,19,22,25,27-51H2,1-5H3/p+1/b17-15-,20-18-,23-21-,26-24-. The van der Waals surface area contributed by atoms with Gasteiger partial charge in [-0.3, -0.25) is 9.59 Å². The molecule has 378 valence electrons. The number of hydrogen-bond donors (Lipinski definition) is 1. The number of esters is 2. The quantitative estimate of drug-likeness (QED) is 0.0211. The molecule has 9 nitrogen and oxygen atoms in total. The zero-order valence-corrected chi connectivity index (χ0v) is 42.9. The van der Waals surface area contributed by atoms with Crippen LogP contribution in [0.3, 0.4) is 0 Å². The van der Waals surface area contributed by atoms with E-state index in [0.29, 0.717) is 23.9 Å². The van der Waals surface area contributed by atoms with E-state index in [0.717, 1.165) is 51.4 Å². The number of rotatable bonds is 49. The summed E-state index contributed by atoms with van der Waals surface area (Å²) < 4.78 is 22.8. The summed E-state index contributed by atoms with van der Waals surface area (Å²) >= 11 is 0. The van der Waals surface area contributed by atoms with Crippen molar-refractivity contribution in [3.05, 3.63) is 48.6 Å². The first-order valence-corrected chi connectivity index (χ1v) is 26.8. The van der Waals surface area contributed by atoms with Crippen molar-refractivity contribution in [1.29, 1.82) is 0 Å². The Kier molecular flexibility index (Phi) is 45.7. The van der Waals surface area contributed by atoms with Crippen LogP contribution < -0.4 is 0 Å². The molecule has 0 radical (unpaired) electrons. The molecule has 0 aromatic rings. The number of likely N-dealkylation sites (N-methyl/N-ethyl adjacent to an activating group) is 1. The number of carbonyl (C=O) groups is 3. The van der Waals surface area contributed by atoms with Gasteiger partial charge in [-0.25, -0.2) is 4.79 Å². The molecule has 0 bridgehead atoms. The molecule has 0 aromatic heterocycles. The van der Waals surface area contributed by atoms with Crippen LogP contribution in [-0.4, -0.2) is 87.4 Å². The van der Waals surface area contributed by atoms with Crippen molar-refractivity contribution in [3.8, 4) is 0 Å². The minimum Gasteiger partial charge on any atom is -0.477 e. The van der Waals surface area contributed by atoms with Crippen LogP contribution in [0.15, 0.2) is 48.6 Å². The van der Waals surface area contributed by atoms with Gasteiger partial charge in [-0.2, -0.15) is 0 Å². The van der Waals surface area contributed by atoms with Crippen LogP contribution in [0.5, 0.6) is 0 Å². The van der Waals surface area contributed by atoms with Gasteiger partial charge in [0, 0.05) is 12.8 Å². The van der Waals surface area contributed by atoms with Crippen LogP contribution >= 0.6 is 0 Å². The molecule has 65 heavy (non-hydrogen) atoms. The molecule has 0 rings (SSSR count). The molecule has 0 aliphatic rings. The van der Waals surface area contributed by atoms with Crippen molar-refractivity contribution < 1.29 is 42.9 Å². The highest BCUT2D eigenvalue weighted by Gasteiger charge is 2.25. The Morgan fingerprint density at radius 3 is 1.25 bits per heavy atom. The zero-order chi connectivity index (χ0) is 47.7. The molecule has 0 aliphatic carbocycles. The molecule has 0 amide bonds. The molecule has 0 aromatic carbocycles. The van der Waals surface area contributed by atoms with Crippen molar-refractivity contribution in [1.82, 2.24) is 0 Å². The number of allylic oxidation sites excluding steroid dienone is 8. The molecule has 0 spiro atoms. The summed E-state index contributed by atoms with van der Waals surface area (Å²) in [6, 6.07) is 0. The Labute approximate surface area is 400 Å². The SMILES string of the molecule is CCCCC/C=C\C/C=C\CCCCCCCCCCCC(=O)OCC(COC(OCC[N+](C)(C)C)C(=O)O)OC(=O)CCCCCCCCCCC/C=C\C/C=C\CCCCCCC. The predicted molar refractivity (Wildman–Crippen MR) is 272 cm³/mol. The molecule has 9 heteroatoms. The van der Waals surface area contributed by atoms with E-state index in [9.17, 15) is 19.5 Å². The largest absolute Gasteiger partial charge is 0.477 e. The van der Waals surface area contributed by atoms with Crippen LogP contribution in [0.25, 0.3) is 0 Å². The molecule has 2 unspecified atom stereocenters. The highest BCUT2D eigenvalue weighted by molar-refractivity contribution is 5.71. The zero-order valence-electron chi connectivity index (χ0n) is 42.9. The second-order valence-electron chi connectivity index (χ2n) is 19.2. The molecular weight excluding hydrogens is 815 g/mol. The summed E-state index contributed by atoms with van der Waals surface area (Å²) in [4.78, 5) is 37.3. The lowest BCUT2D eigenvalue weighted by atomic mass is 10.1. The Hall–Kier alpha value is -2.75. The van der Waals surface area contributed by atoms with Gasteiger partial charge in [0.25, 0.3) is 6.29 Å². The van der Waals surface area contributed by atoms with Gasteiger partial charge in [0.05, 0.1) is 34.4 Å². The van der Waals surface area contributed by atoms with Crippen LogP contribution in [0.4, 0.5) is 0 Å². The number of carboxylic acids is 1. The Balaban J connectivity index is 4.32. The lowest BCUT2D eigenvalue weighted by molar-refractivity contribution is -0.870. The average Bonchev–Trinajstić information content (AvgIpc) is 3.27. The van der Waals surface area contributed by atoms with E-state index in [1.54, 1.807) is 0 Å². The normalized spacial score (nSPS) is 13.2. The van der Waals surface area contributed by atoms with Crippen molar-refractivity contribution in [2.24, 2.45) is 0 Å². The lowest BCUT2D eigenvalue weighted by Crippen LogP contribution is -2.40. The first-order valence-electron chi connectivity index (χ1n) is 26.8. The van der Waals surface area contributed by atoms with Crippen LogP contribution in [0, 0.1) is 0 Å². The number of unbranched alkanes of at least 4 members (excludes halogenated alkanes) is 26. The third-order valence-corrected chi connectivity index (χ3v) is 11.6. The second-order valence-corrected chi connectivity index (χ2v) is 19.2. The number of carbonyl (C=O) groups excluding carboxylic acids is 2. The molecular formula is C56H102NO8+. The highest BCUT2D eigenvalue weighted by atomic mass is 16.7. The monoisotopic (exact) mass is 917 g/mol. The summed E-state index contributed by atoms with van der Waals surface area (Å²) in [5.74, 6) is -2.01. The topological polar surface area (TPSA) is 108 Å². The molecule has 2 atom stereocenters. The number of aliphatic carboxylic acids is 1. The minimum atomic E-state index is -1.51. The fourth-order valence-electron chi connectivity index (χ4n) is 7.37. The third-order valence-electron chi connectivity index (χ3n) is 11.6. The lowest BCUT2D eigenvalue weighted by Gasteiger charge is -2.25. The number of nitrogens with zero attached hydrogens (tertiary/aromatic N) is 1. The maximum atomic E-state index is 12.8. The van der Waals surface area contributed by atoms with E-state index in [4.69, 9.17) is 18.9 Å². The van der Waals surface area contributed by atoms with Gasteiger partial charge in [0.15, 0.2) is 6.10 Å². The summed E-state index contributed by atoms with van der Waals surface area (Å²) in [6.07, 6.45) is 54.5. The van der Waals surface area contributed by atoms with E-state index < -0.39 is 24.3 Å². The molecule has 0 saturated heterocycles. The fourth-order valence-corrected chi connectivity index (χ4v) is 7.37. The number of hydrogen-bond acceptors (Lipinski definition) is 7. The molecule has 1 N–H and O–H groups in total. The first-order chi connectivity index (χ1) is 31.6. The van der Waals surface area contributed by atoms with Gasteiger partial charge in [0.2, 0.25) is 0 Å². The number of carboxylic acid groups (broad SMARTS) is 1. The Bertz CT molecular complexity index is 1210. The van der Waals surface area contributed by atoms with Gasteiger partial charge >= 0.3 is 17.9 Å². The fraction of sp³-hybridized carbons (Fsp3) is 0.804. The molecule has 0 aliphatic heterocycles. The van der Waals surface area contributed by atoms with E-state index in [2.05, 4.69) is 62.5 Å². The number of ether oxygens (including phenoxy) is 4. The predicted octanol–water partition coefficient (Wildman–Crippen LogP) is 15.1. The summed E-state index contributed by atoms with van der Waals surface area (Å²) in [5, 5.41) is 9.68. The summed E-state index contributed by atoms with van der Waals surface area (Å²) in [5.41, 5.74) is 0. The molecule has 0 heterocycles. The van der Waals surface area contributed by atoms with Crippen LogP contribution in [-0.2, 0) is 33.3 Å². The summed E-state index contributed by atoms with van der Waals surface area (Å²) in [7, 11) is 5.96. The van der Waals surface area contributed by atoms with Crippen molar-refractivity contribution >= 4 is 17.9 Å². The van der Waals surface area contributed by atoms with Gasteiger partial charge in [-0.1, -0.05) is 191 Å². The first kappa shape index (κ1) is 62.2. The van der Waals surface area contributed by atoms with E-state index in [1.165, 1.54) is 148 Å². The van der Waals surface area contributed by atoms with Crippen molar-refractivity contribution in [3.63, 3.8) is 0 Å². The van der Waals surface area contributed by atoms with Gasteiger partial charge in [-0.05, 0) is 77.0 Å². The van der Waals surface area contributed by atoms with Gasteiger partial charge in [-0.15, -0.1) is 0 Å². The van der Waals surface area contributed by atoms with Gasteiger partial charge < -0.3 is 28.5 Å². The van der Waals surface area contributed by atoms with Crippen molar-refractivity contribution in [2.45, 2.75) is 245 Å². The van der Waals surface area contributed by atoms with Crippen LogP contribution in [0.1, 0.15) is 232 Å².